The molecule has 0 spiro atoms. The van der Waals surface area contributed by atoms with Crippen molar-refractivity contribution < 1.29 is 4.74 Å². The van der Waals surface area contributed by atoms with E-state index in [0.29, 0.717) is 21.7 Å². The van der Waals surface area contributed by atoms with Crippen LogP contribution < -0.4 is 10.3 Å². The number of H-pyrrole nitrogens is 1. The van der Waals surface area contributed by atoms with Gasteiger partial charge in [-0.2, -0.15) is 0 Å². The Morgan fingerprint density at radius 1 is 1.22 bits per heavy atom. The summed E-state index contributed by atoms with van der Waals surface area (Å²) < 4.78 is 7.02. The number of para-hydroxylation sites is 1. The fourth-order valence-corrected chi connectivity index (χ4v) is 4.03. The van der Waals surface area contributed by atoms with Gasteiger partial charge >= 0.3 is 0 Å². The Kier molecular flexibility index (Phi) is 4.66. The maximum atomic E-state index is 13.4. The minimum Gasteiger partial charge on any atom is -0.497 e. The molecule has 0 radical (unpaired) electrons. The van der Waals surface area contributed by atoms with Crippen LogP contribution in [0.25, 0.3) is 27.6 Å². The van der Waals surface area contributed by atoms with Crippen molar-refractivity contribution >= 4 is 33.7 Å². The number of aromatic amines is 1. The van der Waals surface area contributed by atoms with Gasteiger partial charge in [0.1, 0.15) is 16.8 Å². The number of thioether (sulfide) groups is 1. The van der Waals surface area contributed by atoms with Gasteiger partial charge in [-0.05, 0) is 24.6 Å². The Labute approximate surface area is 161 Å². The zero-order chi connectivity index (χ0) is 19.0. The molecule has 0 saturated carbocycles. The topological polar surface area (TPSA) is 59.9 Å². The van der Waals surface area contributed by atoms with Crippen molar-refractivity contribution in [1.82, 2.24) is 14.5 Å². The maximum Gasteiger partial charge on any atom is 0.283 e. The van der Waals surface area contributed by atoms with Crippen molar-refractivity contribution in [1.29, 1.82) is 0 Å². The van der Waals surface area contributed by atoms with Crippen molar-refractivity contribution in [2.75, 3.05) is 7.11 Å². The first-order valence-corrected chi connectivity index (χ1v) is 9.85. The molecule has 138 valence electrons. The minimum atomic E-state index is -0.102. The van der Waals surface area contributed by atoms with Crippen LogP contribution in [0.2, 0.25) is 0 Å². The SMILES string of the molecule is CCC(C)Sc1nc2c([nH]c3ccccc32)c(=O)n1-c1cccc(OC)c1. The van der Waals surface area contributed by atoms with E-state index in [1.807, 2.05) is 48.5 Å². The molecule has 0 amide bonds. The molecule has 2 heterocycles. The highest BCUT2D eigenvalue weighted by molar-refractivity contribution is 7.99. The number of methoxy groups -OCH3 is 1. The van der Waals surface area contributed by atoms with Gasteiger partial charge in [0.15, 0.2) is 5.16 Å². The summed E-state index contributed by atoms with van der Waals surface area (Å²) in [4.78, 5) is 21.6. The Balaban J connectivity index is 2.05. The largest absolute Gasteiger partial charge is 0.497 e. The van der Waals surface area contributed by atoms with E-state index in [9.17, 15) is 4.79 Å². The second kappa shape index (κ2) is 7.12. The molecule has 0 aliphatic carbocycles. The van der Waals surface area contributed by atoms with Crippen molar-refractivity contribution in [2.24, 2.45) is 0 Å². The number of rotatable bonds is 5. The molecule has 27 heavy (non-hydrogen) atoms. The second-order valence-corrected chi connectivity index (χ2v) is 7.87. The fraction of sp³-hybridized carbons (Fsp3) is 0.238. The quantitative estimate of drug-likeness (QED) is 0.401. The molecule has 0 aliphatic rings. The van der Waals surface area contributed by atoms with Crippen LogP contribution in [0.15, 0.2) is 58.5 Å². The summed E-state index contributed by atoms with van der Waals surface area (Å²) in [6, 6.07) is 15.4. The highest BCUT2D eigenvalue weighted by Crippen LogP contribution is 2.29. The van der Waals surface area contributed by atoms with Gasteiger partial charge in [-0.3, -0.25) is 9.36 Å². The monoisotopic (exact) mass is 379 g/mol. The standard InChI is InChI=1S/C21H21N3O2S/c1-4-13(2)27-21-23-18-16-10-5-6-11-17(16)22-19(18)20(25)24(21)14-8-7-9-15(12-14)26-3/h5-13,22H,4H2,1-3H3. The molecule has 4 aromatic rings. The van der Waals surface area contributed by atoms with Gasteiger partial charge in [0.25, 0.3) is 5.56 Å². The maximum absolute atomic E-state index is 13.4. The summed E-state index contributed by atoms with van der Waals surface area (Å²) >= 11 is 1.62. The first-order valence-electron chi connectivity index (χ1n) is 8.97. The number of aromatic nitrogens is 3. The van der Waals surface area contributed by atoms with Crippen LogP contribution >= 0.6 is 11.8 Å². The third-order valence-electron chi connectivity index (χ3n) is 4.69. The van der Waals surface area contributed by atoms with Gasteiger partial charge in [0.2, 0.25) is 0 Å². The van der Waals surface area contributed by atoms with Crippen LogP contribution in [-0.2, 0) is 0 Å². The van der Waals surface area contributed by atoms with Crippen LogP contribution in [0.4, 0.5) is 0 Å². The molecule has 0 aliphatic heterocycles. The van der Waals surface area contributed by atoms with Crippen molar-refractivity contribution in [3.8, 4) is 11.4 Å². The van der Waals surface area contributed by atoms with E-state index in [1.165, 1.54) is 0 Å². The third kappa shape index (κ3) is 3.10. The lowest BCUT2D eigenvalue weighted by atomic mass is 10.2. The molecule has 0 saturated heterocycles. The van der Waals surface area contributed by atoms with Crippen molar-refractivity contribution in [3.05, 3.63) is 58.9 Å². The third-order valence-corrected chi connectivity index (χ3v) is 5.91. The van der Waals surface area contributed by atoms with E-state index >= 15 is 0 Å². The average molecular weight is 379 g/mol. The predicted octanol–water partition coefficient (Wildman–Crippen LogP) is 4.77. The molecule has 6 heteroatoms. The highest BCUT2D eigenvalue weighted by Gasteiger charge is 2.18. The molecule has 0 fully saturated rings. The first-order chi connectivity index (χ1) is 13.1. The van der Waals surface area contributed by atoms with E-state index in [0.717, 1.165) is 28.5 Å². The predicted molar refractivity (Wildman–Crippen MR) is 111 cm³/mol. The molecule has 0 bridgehead atoms. The van der Waals surface area contributed by atoms with Gasteiger partial charge in [-0.1, -0.05) is 49.9 Å². The Morgan fingerprint density at radius 3 is 2.81 bits per heavy atom. The summed E-state index contributed by atoms with van der Waals surface area (Å²) in [5.41, 5.74) is 2.81. The van der Waals surface area contributed by atoms with Gasteiger partial charge in [-0.25, -0.2) is 4.98 Å². The van der Waals surface area contributed by atoms with Gasteiger partial charge in [0.05, 0.1) is 12.8 Å². The summed E-state index contributed by atoms with van der Waals surface area (Å²) in [7, 11) is 1.62. The number of benzene rings is 2. The molecule has 2 aromatic heterocycles. The summed E-state index contributed by atoms with van der Waals surface area (Å²) in [5, 5.41) is 2.00. The smallest absolute Gasteiger partial charge is 0.283 e. The van der Waals surface area contributed by atoms with Crippen molar-refractivity contribution in [3.63, 3.8) is 0 Å². The van der Waals surface area contributed by atoms with E-state index < -0.39 is 0 Å². The molecule has 1 unspecified atom stereocenters. The number of nitrogens with zero attached hydrogens (tertiary/aromatic N) is 2. The molecule has 1 atom stereocenters. The minimum absolute atomic E-state index is 0.102. The second-order valence-electron chi connectivity index (χ2n) is 6.47. The lowest BCUT2D eigenvalue weighted by Gasteiger charge is -2.15. The highest BCUT2D eigenvalue weighted by atomic mass is 32.2. The molecular weight excluding hydrogens is 358 g/mol. The number of ether oxygens (including phenoxy) is 1. The van der Waals surface area contributed by atoms with E-state index in [-0.39, 0.29) is 5.56 Å². The Hall–Kier alpha value is -2.73. The zero-order valence-electron chi connectivity index (χ0n) is 15.5. The zero-order valence-corrected chi connectivity index (χ0v) is 16.3. The normalized spacial score (nSPS) is 12.6. The summed E-state index contributed by atoms with van der Waals surface area (Å²) in [6.45, 7) is 4.28. The van der Waals surface area contributed by atoms with Gasteiger partial charge < -0.3 is 9.72 Å². The number of hydrogen-bond acceptors (Lipinski definition) is 4. The molecule has 1 N–H and O–H groups in total. The lowest BCUT2D eigenvalue weighted by molar-refractivity contribution is 0.414. The van der Waals surface area contributed by atoms with E-state index in [1.54, 1.807) is 23.4 Å². The summed E-state index contributed by atoms with van der Waals surface area (Å²) in [6.07, 6.45) is 0.991. The van der Waals surface area contributed by atoms with Gasteiger partial charge in [-0.15, -0.1) is 0 Å². The lowest BCUT2D eigenvalue weighted by Crippen LogP contribution is -2.22. The first kappa shape index (κ1) is 17.7. The van der Waals surface area contributed by atoms with Crippen LogP contribution in [0.5, 0.6) is 5.75 Å². The number of nitrogens with one attached hydrogen (secondary N) is 1. The van der Waals surface area contributed by atoms with E-state index in [2.05, 4.69) is 18.8 Å². The number of fused-ring (bicyclic) bond motifs is 3. The van der Waals surface area contributed by atoms with Crippen LogP contribution in [0.1, 0.15) is 20.3 Å². The van der Waals surface area contributed by atoms with E-state index in [4.69, 9.17) is 9.72 Å². The summed E-state index contributed by atoms with van der Waals surface area (Å²) in [5.74, 6) is 0.704. The Morgan fingerprint density at radius 2 is 2.04 bits per heavy atom. The van der Waals surface area contributed by atoms with Gasteiger partial charge in [0, 0.05) is 22.2 Å². The molecule has 4 rings (SSSR count). The molecule has 5 nitrogen and oxygen atoms in total. The Bertz CT molecular complexity index is 1180. The van der Waals surface area contributed by atoms with Crippen molar-refractivity contribution in [2.45, 2.75) is 30.7 Å². The fourth-order valence-electron chi connectivity index (χ4n) is 3.06. The average Bonchev–Trinajstić information content (AvgIpc) is 3.07. The molecule has 2 aromatic carbocycles. The van der Waals surface area contributed by atoms with Crippen LogP contribution in [0.3, 0.4) is 0 Å². The number of hydrogen-bond donors (Lipinski definition) is 1. The molecular formula is C21H21N3O2S. The van der Waals surface area contributed by atoms with Crippen LogP contribution in [0, 0.1) is 0 Å². The van der Waals surface area contributed by atoms with Crippen LogP contribution in [-0.4, -0.2) is 26.9 Å².